The average molecular weight is 803 g/mol. The van der Waals surface area contributed by atoms with Crippen molar-refractivity contribution in [1.82, 2.24) is 4.98 Å². The van der Waals surface area contributed by atoms with Gasteiger partial charge in [0.2, 0.25) is 0 Å². The largest absolute Gasteiger partial charge is 0.482 e. The molecule has 3 aliphatic rings. The van der Waals surface area contributed by atoms with E-state index in [-0.39, 0.29) is 42.1 Å². The molecule has 0 amide bonds. The third kappa shape index (κ3) is 7.12. The van der Waals surface area contributed by atoms with Crippen molar-refractivity contribution in [2.45, 2.75) is 129 Å². The van der Waals surface area contributed by atoms with E-state index in [0.29, 0.717) is 24.0 Å². The maximum absolute atomic E-state index is 17.8. The molecule has 1 aliphatic heterocycles. The van der Waals surface area contributed by atoms with Crippen LogP contribution in [0, 0.1) is 34.0 Å². The Hall–Kier alpha value is -4.38. The maximum atomic E-state index is 17.8. The van der Waals surface area contributed by atoms with Crippen LogP contribution in [-0.4, -0.2) is 55.1 Å². The van der Waals surface area contributed by atoms with Crippen LogP contribution in [0.3, 0.4) is 0 Å². The summed E-state index contributed by atoms with van der Waals surface area (Å²) in [4.78, 5) is 45.0. The number of fused-ring (bicyclic) bond motifs is 4. The van der Waals surface area contributed by atoms with Gasteiger partial charge in [-0.05, 0) is 73.9 Å². The van der Waals surface area contributed by atoms with Crippen molar-refractivity contribution >= 4 is 20.6 Å². The fourth-order valence-electron chi connectivity index (χ4n) is 10.3. The van der Waals surface area contributed by atoms with Crippen molar-refractivity contribution in [3.8, 4) is 23.1 Å². The SMILES string of the molecule is CCC(=O)OC[C@@]1(C)[C@@H]2C[C@H](OC(=O)c3ccc(C#N)cc3)[C@@]3(C)Oc4cc(-c5cccnc5)oc(=O)c4[C@H](O)[C@@H]3[C@@]2(C)CC[C@@H]1O[Si](F)(C(C)(C)C)C(C)(C)C. The molecule has 3 heterocycles. The quantitative estimate of drug-likeness (QED) is 0.132. The van der Waals surface area contributed by atoms with Crippen LogP contribution in [0.25, 0.3) is 11.3 Å². The highest BCUT2D eigenvalue weighted by Gasteiger charge is 2.72. The Bertz CT molecular complexity index is 2090. The van der Waals surface area contributed by atoms with Gasteiger partial charge in [0.05, 0.1) is 36.0 Å². The molecule has 1 N–H and O–H groups in total. The number of pyridine rings is 1. The summed E-state index contributed by atoms with van der Waals surface area (Å²) in [7, 11) is -4.10. The lowest BCUT2D eigenvalue weighted by Crippen LogP contribution is -2.72. The monoisotopic (exact) mass is 802 g/mol. The van der Waals surface area contributed by atoms with E-state index < -0.39 is 82.9 Å². The minimum atomic E-state index is -4.10. The highest BCUT2D eigenvalue weighted by atomic mass is 28.4. The lowest BCUT2D eigenvalue weighted by molar-refractivity contribution is -0.264. The van der Waals surface area contributed by atoms with E-state index in [0.717, 1.165) is 0 Å². The molecule has 2 aliphatic carbocycles. The lowest BCUT2D eigenvalue weighted by Gasteiger charge is -2.67. The van der Waals surface area contributed by atoms with Gasteiger partial charge in [0.25, 0.3) is 0 Å². The number of aliphatic hydroxyl groups is 1. The highest BCUT2D eigenvalue weighted by molar-refractivity contribution is 6.72. The Kier molecular flexibility index (Phi) is 10.9. The van der Waals surface area contributed by atoms with Crippen molar-refractivity contribution in [3.05, 3.63) is 82.0 Å². The second kappa shape index (κ2) is 14.8. The molecule has 8 atom stereocenters. The molecule has 0 spiro atoms. The minimum absolute atomic E-state index is 0.0581. The van der Waals surface area contributed by atoms with Crippen molar-refractivity contribution in [1.29, 1.82) is 5.26 Å². The molecule has 1 aromatic carbocycles. The minimum Gasteiger partial charge on any atom is -0.482 e. The molecular weight excluding hydrogens is 748 g/mol. The number of ether oxygens (including phenoxy) is 3. The number of carbonyl (C=O) groups excluding carboxylic acids is 2. The van der Waals surface area contributed by atoms with E-state index >= 15 is 4.11 Å². The van der Waals surface area contributed by atoms with Crippen LogP contribution in [0.1, 0.15) is 123 Å². The maximum Gasteiger partial charge on any atom is 0.394 e. The zero-order valence-corrected chi connectivity index (χ0v) is 35.6. The Morgan fingerprint density at radius 2 is 1.74 bits per heavy atom. The molecule has 2 saturated carbocycles. The molecule has 3 aromatic rings. The van der Waals surface area contributed by atoms with Crippen molar-refractivity contribution in [2.24, 2.45) is 22.7 Å². The molecule has 0 saturated heterocycles. The van der Waals surface area contributed by atoms with Gasteiger partial charge in [-0.25, -0.2) is 9.59 Å². The van der Waals surface area contributed by atoms with Crippen molar-refractivity contribution in [2.75, 3.05) is 6.61 Å². The third-order valence-corrected chi connectivity index (χ3v) is 17.6. The lowest BCUT2D eigenvalue weighted by atomic mass is 9.42. The van der Waals surface area contributed by atoms with Crippen LogP contribution in [-0.2, 0) is 18.7 Å². The first kappa shape index (κ1) is 42.2. The van der Waals surface area contributed by atoms with Crippen LogP contribution in [0.15, 0.2) is 64.1 Å². The van der Waals surface area contributed by atoms with E-state index in [1.165, 1.54) is 24.3 Å². The van der Waals surface area contributed by atoms with E-state index in [4.69, 9.17) is 23.1 Å². The Morgan fingerprint density at radius 3 is 2.32 bits per heavy atom. The number of carbonyl (C=O) groups is 2. The summed E-state index contributed by atoms with van der Waals surface area (Å²) in [6.07, 6.45) is 0.991. The first-order valence-electron chi connectivity index (χ1n) is 19.7. The van der Waals surface area contributed by atoms with Crippen LogP contribution < -0.4 is 10.4 Å². The molecule has 57 heavy (non-hydrogen) atoms. The number of aromatic nitrogens is 1. The van der Waals surface area contributed by atoms with E-state index in [1.807, 2.05) is 55.4 Å². The molecule has 2 fully saturated rings. The van der Waals surface area contributed by atoms with Gasteiger partial charge in [0.1, 0.15) is 28.8 Å². The first-order chi connectivity index (χ1) is 26.5. The summed E-state index contributed by atoms with van der Waals surface area (Å²) in [6, 6.07) is 13.1. The molecule has 0 radical (unpaired) electrons. The van der Waals surface area contributed by atoms with Crippen molar-refractivity contribution < 1.29 is 41.9 Å². The van der Waals surface area contributed by atoms with Crippen molar-refractivity contribution in [3.63, 3.8) is 0 Å². The highest BCUT2D eigenvalue weighted by Crippen LogP contribution is 2.68. The van der Waals surface area contributed by atoms with Crippen LogP contribution in [0.4, 0.5) is 4.11 Å². The first-order valence-corrected chi connectivity index (χ1v) is 21.5. The van der Waals surface area contributed by atoms with Gasteiger partial charge in [0, 0.05) is 51.9 Å². The van der Waals surface area contributed by atoms with Crippen LogP contribution in [0.2, 0.25) is 10.1 Å². The van der Waals surface area contributed by atoms with E-state index in [2.05, 4.69) is 11.1 Å². The smallest absolute Gasteiger partial charge is 0.394 e. The van der Waals surface area contributed by atoms with E-state index in [1.54, 1.807) is 44.4 Å². The topological polar surface area (TPSA) is 158 Å². The van der Waals surface area contributed by atoms with Gasteiger partial charge < -0.3 is 28.2 Å². The van der Waals surface area contributed by atoms with Gasteiger partial charge in [-0.1, -0.05) is 62.3 Å². The zero-order chi connectivity index (χ0) is 41.9. The van der Waals surface area contributed by atoms with Gasteiger partial charge in [-0.2, -0.15) is 5.26 Å². The number of nitriles is 1. The van der Waals surface area contributed by atoms with Gasteiger partial charge in [-0.3, -0.25) is 13.9 Å². The summed E-state index contributed by atoms with van der Waals surface area (Å²) >= 11 is 0. The molecular formula is C44H55FN2O9Si. The summed E-state index contributed by atoms with van der Waals surface area (Å²) < 4.78 is 49.7. The summed E-state index contributed by atoms with van der Waals surface area (Å²) in [5.74, 6) is -2.23. The molecule has 13 heteroatoms. The van der Waals surface area contributed by atoms with Crippen LogP contribution in [0.5, 0.6) is 5.75 Å². The van der Waals surface area contributed by atoms with Crippen LogP contribution >= 0.6 is 0 Å². The number of aliphatic hydroxyl groups excluding tert-OH is 1. The molecule has 6 rings (SSSR count). The predicted molar refractivity (Wildman–Crippen MR) is 212 cm³/mol. The number of esters is 2. The number of nitrogens with zero attached hydrogens (tertiary/aromatic N) is 2. The van der Waals surface area contributed by atoms with E-state index in [9.17, 15) is 24.8 Å². The average Bonchev–Trinajstić information content (AvgIpc) is 3.14. The molecule has 2 aromatic heterocycles. The number of halogens is 1. The second-order valence-electron chi connectivity index (χ2n) is 18.8. The number of rotatable bonds is 8. The zero-order valence-electron chi connectivity index (χ0n) is 34.6. The molecule has 306 valence electrons. The summed E-state index contributed by atoms with van der Waals surface area (Å²) in [5, 5.41) is 20.3. The Labute approximate surface area is 335 Å². The third-order valence-electron chi connectivity index (χ3n) is 13.1. The normalized spacial score (nSPS) is 29.8. The number of benzene rings is 1. The van der Waals surface area contributed by atoms with Gasteiger partial charge in [0.15, 0.2) is 0 Å². The fraction of sp³-hybridized carbons (Fsp3) is 0.568. The Balaban J connectivity index is 1.52. The second-order valence-corrected chi connectivity index (χ2v) is 23.2. The van der Waals surface area contributed by atoms with Gasteiger partial charge in [-0.15, -0.1) is 0 Å². The molecule has 0 bridgehead atoms. The fourth-order valence-corrected chi connectivity index (χ4v) is 14.0. The van der Waals surface area contributed by atoms with Gasteiger partial charge >= 0.3 is 26.2 Å². The summed E-state index contributed by atoms with van der Waals surface area (Å²) in [6.45, 7) is 18.5. The summed E-state index contributed by atoms with van der Waals surface area (Å²) in [5.41, 5.74) is -3.08. The number of hydrogen-bond donors (Lipinski definition) is 1. The predicted octanol–water partition coefficient (Wildman–Crippen LogP) is 8.78. The standard InChI is InChI=1S/C44H55FN2O9Si/c1-11-34(48)52-25-43(9)31-22-33(54-38(50)27-16-14-26(23-46)15-17-27)44(10)37(42(31,8)19-18-32(43)56-57(45,40(2,3)4)41(5,6)7)36(49)35-30(55-44)21-29(53-39(35)51)28-13-12-20-47-24-28/h12-17,20-21,24,31-33,36-37,49H,11,18-19,22,25H2,1-10H3/t31-,32+,33+,36+,37-,42+,43+,44-/m1/s1. The number of hydrogen-bond acceptors (Lipinski definition) is 11. The molecule has 0 unspecified atom stereocenters. The Morgan fingerprint density at radius 1 is 1.07 bits per heavy atom. The molecule has 11 nitrogen and oxygen atoms in total.